The lowest BCUT2D eigenvalue weighted by atomic mass is 10.1. The van der Waals surface area contributed by atoms with E-state index in [0.29, 0.717) is 6.04 Å². The monoisotopic (exact) mass is 282 g/mol. The van der Waals surface area contributed by atoms with Gasteiger partial charge in [-0.1, -0.05) is 36.4 Å². The second kappa shape index (κ2) is 6.64. The summed E-state index contributed by atoms with van der Waals surface area (Å²) in [6.45, 7) is 4.82. The number of anilines is 1. The molecule has 21 heavy (non-hydrogen) atoms. The van der Waals surface area contributed by atoms with Crippen molar-refractivity contribution in [2.45, 2.75) is 19.4 Å². The molecule has 3 rings (SSSR count). The maximum atomic E-state index is 5.60. The van der Waals surface area contributed by atoms with Crippen molar-refractivity contribution in [1.82, 2.24) is 5.32 Å². The number of nitrogens with one attached hydrogen (secondary N) is 2. The zero-order valence-electron chi connectivity index (χ0n) is 12.4. The van der Waals surface area contributed by atoms with Gasteiger partial charge in [-0.3, -0.25) is 0 Å². The van der Waals surface area contributed by atoms with E-state index in [2.05, 4.69) is 66.1 Å². The van der Waals surface area contributed by atoms with Crippen molar-refractivity contribution >= 4 is 5.69 Å². The van der Waals surface area contributed by atoms with Crippen LogP contribution >= 0.6 is 0 Å². The first kappa shape index (κ1) is 14.0. The largest absolute Gasteiger partial charge is 0.490 e. The third kappa shape index (κ3) is 3.56. The molecule has 1 unspecified atom stereocenters. The lowest BCUT2D eigenvalue weighted by Gasteiger charge is -2.20. The summed E-state index contributed by atoms with van der Waals surface area (Å²) in [5.41, 5.74) is 3.78. The van der Waals surface area contributed by atoms with Crippen LogP contribution in [0, 0.1) is 0 Å². The fourth-order valence-corrected chi connectivity index (χ4v) is 2.64. The topological polar surface area (TPSA) is 33.3 Å². The molecule has 1 heterocycles. The number of rotatable bonds is 5. The highest BCUT2D eigenvalue weighted by Gasteiger charge is 2.10. The van der Waals surface area contributed by atoms with Crippen molar-refractivity contribution in [3.63, 3.8) is 0 Å². The Morgan fingerprint density at radius 1 is 1.19 bits per heavy atom. The molecule has 1 atom stereocenters. The van der Waals surface area contributed by atoms with Gasteiger partial charge in [-0.25, -0.2) is 0 Å². The van der Waals surface area contributed by atoms with Crippen molar-refractivity contribution in [1.29, 1.82) is 0 Å². The minimum absolute atomic E-state index is 0.380. The molecule has 1 aliphatic rings. The van der Waals surface area contributed by atoms with E-state index in [0.717, 1.165) is 37.6 Å². The number of hydrogen-bond donors (Lipinski definition) is 2. The molecule has 0 spiro atoms. The maximum absolute atomic E-state index is 5.60. The summed E-state index contributed by atoms with van der Waals surface area (Å²) < 4.78 is 5.60. The lowest BCUT2D eigenvalue weighted by Crippen LogP contribution is -2.21. The smallest absolute Gasteiger partial charge is 0.142 e. The van der Waals surface area contributed by atoms with Gasteiger partial charge in [0, 0.05) is 12.6 Å². The summed E-state index contributed by atoms with van der Waals surface area (Å²) in [5, 5.41) is 6.96. The Hall–Kier alpha value is -2.00. The van der Waals surface area contributed by atoms with Gasteiger partial charge in [-0.05, 0) is 43.1 Å². The van der Waals surface area contributed by atoms with E-state index >= 15 is 0 Å². The van der Waals surface area contributed by atoms with E-state index in [1.165, 1.54) is 11.1 Å². The average molecular weight is 282 g/mol. The molecule has 0 aliphatic carbocycles. The van der Waals surface area contributed by atoms with Gasteiger partial charge in [0.05, 0.1) is 5.69 Å². The number of ether oxygens (including phenoxy) is 1. The van der Waals surface area contributed by atoms with E-state index < -0.39 is 0 Å². The Kier molecular flexibility index (Phi) is 4.41. The predicted octanol–water partition coefficient (Wildman–Crippen LogP) is 3.38. The van der Waals surface area contributed by atoms with Gasteiger partial charge in [-0.15, -0.1) is 0 Å². The van der Waals surface area contributed by atoms with Crippen molar-refractivity contribution in [2.24, 2.45) is 0 Å². The third-order valence-corrected chi connectivity index (χ3v) is 3.88. The van der Waals surface area contributed by atoms with Crippen molar-refractivity contribution in [3.05, 3.63) is 59.7 Å². The van der Waals surface area contributed by atoms with E-state index in [1.54, 1.807) is 0 Å². The van der Waals surface area contributed by atoms with Crippen LogP contribution in [0.15, 0.2) is 48.5 Å². The second-order valence-corrected chi connectivity index (χ2v) is 5.44. The standard InChI is InChI=1S/C18H22N2O/c1-14(16-5-3-2-4-6-16)19-10-9-15-7-8-18-17(13-15)20-11-12-21-18/h2-8,13-14,19-20H,9-12H2,1H3. The van der Waals surface area contributed by atoms with Gasteiger partial charge in [0.2, 0.25) is 0 Å². The third-order valence-electron chi connectivity index (χ3n) is 3.88. The molecule has 0 amide bonds. The molecule has 0 saturated carbocycles. The molecule has 0 bridgehead atoms. The first-order chi connectivity index (χ1) is 10.3. The molecule has 2 N–H and O–H groups in total. The average Bonchev–Trinajstić information content (AvgIpc) is 2.55. The van der Waals surface area contributed by atoms with Crippen LogP contribution in [-0.2, 0) is 6.42 Å². The van der Waals surface area contributed by atoms with Gasteiger partial charge in [-0.2, -0.15) is 0 Å². The van der Waals surface area contributed by atoms with Gasteiger partial charge in [0.15, 0.2) is 0 Å². The first-order valence-electron chi connectivity index (χ1n) is 7.61. The van der Waals surface area contributed by atoms with E-state index in [1.807, 2.05) is 0 Å². The fraction of sp³-hybridized carbons (Fsp3) is 0.333. The molecule has 3 nitrogen and oxygen atoms in total. The van der Waals surface area contributed by atoms with Crippen LogP contribution in [0.3, 0.4) is 0 Å². The highest BCUT2D eigenvalue weighted by atomic mass is 16.5. The summed E-state index contributed by atoms with van der Waals surface area (Å²) in [6, 6.07) is 17.4. The first-order valence-corrected chi connectivity index (χ1v) is 7.61. The van der Waals surface area contributed by atoms with Crippen LogP contribution < -0.4 is 15.4 Å². The van der Waals surface area contributed by atoms with Crippen molar-refractivity contribution < 1.29 is 4.74 Å². The van der Waals surface area contributed by atoms with Crippen molar-refractivity contribution in [3.8, 4) is 5.75 Å². The quantitative estimate of drug-likeness (QED) is 0.882. The SMILES string of the molecule is CC(NCCc1ccc2c(c1)NCCO2)c1ccccc1. The highest BCUT2D eigenvalue weighted by molar-refractivity contribution is 5.59. The summed E-state index contributed by atoms with van der Waals surface area (Å²) in [4.78, 5) is 0. The Bertz CT molecular complexity index is 583. The zero-order chi connectivity index (χ0) is 14.5. The van der Waals surface area contributed by atoms with Crippen LogP contribution in [0.25, 0.3) is 0 Å². The van der Waals surface area contributed by atoms with Crippen LogP contribution in [-0.4, -0.2) is 19.7 Å². The van der Waals surface area contributed by atoms with Crippen LogP contribution in [0.1, 0.15) is 24.1 Å². The van der Waals surface area contributed by atoms with E-state index in [-0.39, 0.29) is 0 Å². The van der Waals surface area contributed by atoms with Gasteiger partial charge < -0.3 is 15.4 Å². The van der Waals surface area contributed by atoms with Crippen LogP contribution in [0.4, 0.5) is 5.69 Å². The molecular formula is C18H22N2O. The minimum Gasteiger partial charge on any atom is -0.490 e. The molecule has 2 aromatic rings. The fourth-order valence-electron chi connectivity index (χ4n) is 2.64. The Morgan fingerprint density at radius 3 is 2.90 bits per heavy atom. The molecule has 0 saturated heterocycles. The predicted molar refractivity (Wildman–Crippen MR) is 87.0 cm³/mol. The van der Waals surface area contributed by atoms with Crippen LogP contribution in [0.2, 0.25) is 0 Å². The Balaban J connectivity index is 1.53. The molecular weight excluding hydrogens is 260 g/mol. The Morgan fingerprint density at radius 2 is 2.05 bits per heavy atom. The van der Waals surface area contributed by atoms with Gasteiger partial charge in [0.1, 0.15) is 12.4 Å². The summed E-state index contributed by atoms with van der Waals surface area (Å²) >= 11 is 0. The number of fused-ring (bicyclic) bond motifs is 1. The van der Waals surface area contributed by atoms with Gasteiger partial charge in [0.25, 0.3) is 0 Å². The molecule has 110 valence electrons. The molecule has 0 aromatic heterocycles. The summed E-state index contributed by atoms with van der Waals surface area (Å²) in [5.74, 6) is 0.968. The van der Waals surface area contributed by atoms with E-state index in [9.17, 15) is 0 Å². The van der Waals surface area contributed by atoms with Gasteiger partial charge >= 0.3 is 0 Å². The molecule has 3 heteroatoms. The molecule has 0 fully saturated rings. The maximum Gasteiger partial charge on any atom is 0.142 e. The zero-order valence-corrected chi connectivity index (χ0v) is 12.4. The molecule has 0 radical (unpaired) electrons. The Labute approximate surface area is 126 Å². The van der Waals surface area contributed by atoms with E-state index in [4.69, 9.17) is 4.74 Å². The summed E-state index contributed by atoms with van der Waals surface area (Å²) in [7, 11) is 0. The normalized spacial score (nSPS) is 14.7. The summed E-state index contributed by atoms with van der Waals surface area (Å²) in [6.07, 6.45) is 1.02. The highest BCUT2D eigenvalue weighted by Crippen LogP contribution is 2.28. The molecule has 2 aromatic carbocycles. The second-order valence-electron chi connectivity index (χ2n) is 5.44. The number of benzene rings is 2. The minimum atomic E-state index is 0.380. The van der Waals surface area contributed by atoms with Crippen molar-refractivity contribution in [2.75, 3.05) is 25.0 Å². The lowest BCUT2D eigenvalue weighted by molar-refractivity contribution is 0.323. The number of hydrogen-bond acceptors (Lipinski definition) is 3. The molecule has 1 aliphatic heterocycles. The van der Waals surface area contributed by atoms with Crippen LogP contribution in [0.5, 0.6) is 5.75 Å².